The molecule has 1 aromatic heterocycles. The van der Waals surface area contributed by atoms with E-state index in [4.69, 9.17) is 9.47 Å². The molecule has 0 aliphatic rings. The Morgan fingerprint density at radius 3 is 2.50 bits per heavy atom. The molecule has 0 spiro atoms. The summed E-state index contributed by atoms with van der Waals surface area (Å²) in [7, 11) is 3.10. The predicted molar refractivity (Wildman–Crippen MR) is 94.6 cm³/mol. The van der Waals surface area contributed by atoms with Gasteiger partial charge in [-0.3, -0.25) is 9.36 Å². The summed E-state index contributed by atoms with van der Waals surface area (Å²) in [5.41, 5.74) is 1.56. The van der Waals surface area contributed by atoms with Crippen molar-refractivity contribution in [2.75, 3.05) is 14.2 Å². The van der Waals surface area contributed by atoms with Gasteiger partial charge in [-0.25, -0.2) is 4.98 Å². The summed E-state index contributed by atoms with van der Waals surface area (Å²) in [5.74, 6) is 1.07. The van der Waals surface area contributed by atoms with Gasteiger partial charge in [0, 0.05) is 12.6 Å². The van der Waals surface area contributed by atoms with Gasteiger partial charge in [-0.05, 0) is 11.6 Å². The van der Waals surface area contributed by atoms with E-state index in [0.717, 1.165) is 5.56 Å². The Kier molecular flexibility index (Phi) is 4.61. The largest absolute Gasteiger partial charge is 0.493 e. The lowest BCUT2D eigenvalue weighted by Crippen LogP contribution is -2.20. The first-order valence-corrected chi connectivity index (χ1v) is 7.55. The van der Waals surface area contributed by atoms with Gasteiger partial charge in [0.05, 0.1) is 31.4 Å². The summed E-state index contributed by atoms with van der Waals surface area (Å²) in [6, 6.07) is 13.3. The fraction of sp³-hybridized carbons (Fsp3) is 0.158. The number of fused-ring (bicyclic) bond motifs is 1. The summed E-state index contributed by atoms with van der Waals surface area (Å²) in [6.07, 6.45) is 5.46. The topological polar surface area (TPSA) is 53.4 Å². The molecule has 5 heteroatoms. The Hall–Kier alpha value is -3.08. The summed E-state index contributed by atoms with van der Waals surface area (Å²) in [5, 5.41) is 0.503. The van der Waals surface area contributed by atoms with Crippen LogP contribution < -0.4 is 15.0 Å². The highest BCUT2D eigenvalue weighted by Crippen LogP contribution is 2.29. The van der Waals surface area contributed by atoms with Crippen LogP contribution in [0.4, 0.5) is 0 Å². The molecule has 5 nitrogen and oxygen atoms in total. The standard InChI is InChI=1S/C19H18N2O3/c1-23-17-11-15-16(12-18(17)24-2)20-13-21(19(15)22)10-6-9-14-7-4-3-5-8-14/h3-9,11-13H,10H2,1-2H3. The average Bonchev–Trinajstić information content (AvgIpc) is 2.63. The SMILES string of the molecule is COc1cc2ncn(CC=Cc3ccccc3)c(=O)c2cc1OC. The van der Waals surface area contributed by atoms with Crippen molar-refractivity contribution in [1.29, 1.82) is 0 Å². The van der Waals surface area contributed by atoms with Crippen LogP contribution in [0.2, 0.25) is 0 Å². The first-order valence-electron chi connectivity index (χ1n) is 7.55. The van der Waals surface area contributed by atoms with Crippen LogP contribution in [-0.2, 0) is 6.54 Å². The van der Waals surface area contributed by atoms with E-state index in [0.29, 0.717) is 28.9 Å². The van der Waals surface area contributed by atoms with E-state index in [1.165, 1.54) is 0 Å². The van der Waals surface area contributed by atoms with Gasteiger partial charge in [0.25, 0.3) is 5.56 Å². The second-order valence-electron chi connectivity index (χ2n) is 5.24. The zero-order valence-corrected chi connectivity index (χ0v) is 13.6. The number of hydrogen-bond donors (Lipinski definition) is 0. The summed E-state index contributed by atoms with van der Waals surface area (Å²) in [4.78, 5) is 17.0. The molecule has 122 valence electrons. The average molecular weight is 322 g/mol. The molecule has 0 aliphatic carbocycles. The third-order valence-corrected chi connectivity index (χ3v) is 3.74. The lowest BCUT2D eigenvalue weighted by Gasteiger charge is -2.09. The van der Waals surface area contributed by atoms with Crippen LogP contribution in [0.1, 0.15) is 5.56 Å². The number of ether oxygens (including phenoxy) is 2. The maximum atomic E-state index is 12.6. The third kappa shape index (κ3) is 3.15. The van der Waals surface area contributed by atoms with Crippen molar-refractivity contribution in [3.8, 4) is 11.5 Å². The summed E-state index contributed by atoms with van der Waals surface area (Å²) >= 11 is 0. The minimum Gasteiger partial charge on any atom is -0.493 e. The molecule has 0 aliphatic heterocycles. The number of rotatable bonds is 5. The lowest BCUT2D eigenvalue weighted by atomic mass is 10.2. The normalized spacial score (nSPS) is 11.1. The predicted octanol–water partition coefficient (Wildman–Crippen LogP) is 3.13. The Morgan fingerprint density at radius 2 is 1.79 bits per heavy atom. The minimum absolute atomic E-state index is 0.112. The highest BCUT2D eigenvalue weighted by molar-refractivity contribution is 5.81. The zero-order chi connectivity index (χ0) is 16.9. The Balaban J connectivity index is 1.93. The smallest absolute Gasteiger partial charge is 0.261 e. The number of nitrogens with zero attached hydrogens (tertiary/aromatic N) is 2. The van der Waals surface area contributed by atoms with Crippen molar-refractivity contribution in [1.82, 2.24) is 9.55 Å². The molecule has 0 unspecified atom stereocenters. The van der Waals surface area contributed by atoms with Gasteiger partial charge >= 0.3 is 0 Å². The molecular weight excluding hydrogens is 304 g/mol. The maximum absolute atomic E-state index is 12.6. The van der Waals surface area contributed by atoms with Crippen LogP contribution >= 0.6 is 0 Å². The molecule has 24 heavy (non-hydrogen) atoms. The van der Waals surface area contributed by atoms with Gasteiger partial charge in [0.1, 0.15) is 0 Å². The van der Waals surface area contributed by atoms with Crippen molar-refractivity contribution in [2.24, 2.45) is 0 Å². The van der Waals surface area contributed by atoms with Gasteiger partial charge in [0.2, 0.25) is 0 Å². The number of allylic oxidation sites excluding steroid dienone is 1. The van der Waals surface area contributed by atoms with Gasteiger partial charge in [0.15, 0.2) is 11.5 Å². The molecular formula is C19H18N2O3. The van der Waals surface area contributed by atoms with E-state index in [1.807, 2.05) is 42.5 Å². The molecule has 3 aromatic rings. The zero-order valence-electron chi connectivity index (χ0n) is 13.6. The Bertz CT molecular complexity index is 930. The molecule has 0 amide bonds. The molecule has 0 bridgehead atoms. The number of benzene rings is 2. The maximum Gasteiger partial charge on any atom is 0.261 e. The van der Waals surface area contributed by atoms with Crippen molar-refractivity contribution in [2.45, 2.75) is 6.54 Å². The Labute approximate surface area is 139 Å². The van der Waals surface area contributed by atoms with Gasteiger partial charge in [-0.2, -0.15) is 0 Å². The molecule has 0 atom stereocenters. The highest BCUT2D eigenvalue weighted by atomic mass is 16.5. The van der Waals surface area contributed by atoms with Crippen molar-refractivity contribution in [3.05, 3.63) is 70.8 Å². The van der Waals surface area contributed by atoms with Crippen LogP contribution in [0.3, 0.4) is 0 Å². The van der Waals surface area contributed by atoms with Crippen LogP contribution in [0.25, 0.3) is 17.0 Å². The molecule has 1 heterocycles. The number of methoxy groups -OCH3 is 2. The monoisotopic (exact) mass is 322 g/mol. The fourth-order valence-electron chi connectivity index (χ4n) is 2.48. The molecule has 2 aromatic carbocycles. The number of aromatic nitrogens is 2. The van der Waals surface area contributed by atoms with E-state index in [2.05, 4.69) is 4.98 Å². The van der Waals surface area contributed by atoms with Crippen molar-refractivity contribution in [3.63, 3.8) is 0 Å². The van der Waals surface area contributed by atoms with E-state index in [-0.39, 0.29) is 5.56 Å². The van der Waals surface area contributed by atoms with E-state index in [9.17, 15) is 4.79 Å². The summed E-state index contributed by atoms with van der Waals surface area (Å²) < 4.78 is 12.1. The third-order valence-electron chi connectivity index (χ3n) is 3.74. The van der Waals surface area contributed by atoms with Crippen molar-refractivity contribution < 1.29 is 9.47 Å². The molecule has 0 saturated carbocycles. The lowest BCUT2D eigenvalue weighted by molar-refractivity contribution is 0.355. The summed E-state index contributed by atoms with van der Waals surface area (Å²) in [6.45, 7) is 0.449. The fourth-order valence-corrected chi connectivity index (χ4v) is 2.48. The minimum atomic E-state index is -0.112. The molecule has 0 fully saturated rings. The molecule has 0 saturated heterocycles. The molecule has 0 radical (unpaired) electrons. The van der Waals surface area contributed by atoms with Crippen LogP contribution in [0.5, 0.6) is 11.5 Å². The molecule has 3 rings (SSSR count). The van der Waals surface area contributed by atoms with Gasteiger partial charge < -0.3 is 9.47 Å². The van der Waals surface area contributed by atoms with Crippen LogP contribution in [-0.4, -0.2) is 23.8 Å². The second kappa shape index (κ2) is 7.00. The van der Waals surface area contributed by atoms with Gasteiger partial charge in [-0.15, -0.1) is 0 Å². The number of hydrogen-bond acceptors (Lipinski definition) is 4. The quantitative estimate of drug-likeness (QED) is 0.724. The van der Waals surface area contributed by atoms with E-state index < -0.39 is 0 Å². The Morgan fingerprint density at radius 1 is 1.08 bits per heavy atom. The molecule has 0 N–H and O–H groups in total. The first kappa shape index (κ1) is 15.8. The first-order chi connectivity index (χ1) is 11.7. The second-order valence-corrected chi connectivity index (χ2v) is 5.24. The van der Waals surface area contributed by atoms with Crippen LogP contribution in [0, 0.1) is 0 Å². The van der Waals surface area contributed by atoms with Crippen molar-refractivity contribution >= 4 is 17.0 Å². The van der Waals surface area contributed by atoms with E-state index >= 15 is 0 Å². The van der Waals surface area contributed by atoms with E-state index in [1.54, 1.807) is 37.2 Å². The van der Waals surface area contributed by atoms with Gasteiger partial charge in [-0.1, -0.05) is 42.5 Å². The highest BCUT2D eigenvalue weighted by Gasteiger charge is 2.10. The van der Waals surface area contributed by atoms with Crippen LogP contribution in [0.15, 0.2) is 59.7 Å².